The molecule has 2 saturated heterocycles. The van der Waals surface area contributed by atoms with Crippen LogP contribution in [0.2, 0.25) is 0 Å². The third kappa shape index (κ3) is 2.67. The van der Waals surface area contributed by atoms with Gasteiger partial charge in [0.1, 0.15) is 18.5 Å². The van der Waals surface area contributed by atoms with Gasteiger partial charge >= 0.3 is 5.97 Å². The number of fused-ring (bicyclic) bond motifs is 2. The minimum Gasteiger partial charge on any atom is -0.494 e. The minimum absolute atomic E-state index is 0.160. The van der Waals surface area contributed by atoms with Crippen LogP contribution in [0, 0.1) is 0 Å². The maximum atomic E-state index is 12.1. The molecule has 3 aromatic rings. The molecule has 2 fully saturated rings. The van der Waals surface area contributed by atoms with E-state index in [0.29, 0.717) is 30.2 Å². The number of aromatic nitrogens is 4. The summed E-state index contributed by atoms with van der Waals surface area (Å²) in [5, 5.41) is 4.12. The van der Waals surface area contributed by atoms with Crippen LogP contribution in [0.5, 0.6) is 5.75 Å². The molecule has 2 aliphatic rings. The highest BCUT2D eigenvalue weighted by molar-refractivity contribution is 5.88. The summed E-state index contributed by atoms with van der Waals surface area (Å²) in [6.07, 6.45) is 6.77. The SMILES string of the molecule is COc1cncc2nc(-c3ccncc3)nc(C3CNCC4C(=O)OCN43)c12. The molecule has 28 heavy (non-hydrogen) atoms. The van der Waals surface area contributed by atoms with Crippen LogP contribution in [-0.4, -0.2) is 63.8 Å². The minimum atomic E-state index is -0.319. The van der Waals surface area contributed by atoms with E-state index in [9.17, 15) is 4.79 Å². The van der Waals surface area contributed by atoms with E-state index in [0.717, 1.165) is 16.6 Å². The number of carbonyl (C=O) groups excluding carboxylic acids is 1. The number of cyclic esters (lactones) is 1. The van der Waals surface area contributed by atoms with Gasteiger partial charge in [0.15, 0.2) is 5.82 Å². The Bertz CT molecular complexity index is 1040. The maximum absolute atomic E-state index is 12.1. The molecule has 2 atom stereocenters. The third-order valence-corrected chi connectivity index (χ3v) is 5.18. The fourth-order valence-corrected chi connectivity index (χ4v) is 3.80. The van der Waals surface area contributed by atoms with E-state index >= 15 is 0 Å². The molecule has 3 aromatic heterocycles. The van der Waals surface area contributed by atoms with Crippen LogP contribution in [-0.2, 0) is 9.53 Å². The monoisotopic (exact) mass is 378 g/mol. The van der Waals surface area contributed by atoms with E-state index in [1.165, 1.54) is 0 Å². The third-order valence-electron chi connectivity index (χ3n) is 5.18. The number of rotatable bonds is 3. The Morgan fingerprint density at radius 1 is 1.14 bits per heavy atom. The summed E-state index contributed by atoms with van der Waals surface area (Å²) < 4.78 is 10.8. The zero-order valence-corrected chi connectivity index (χ0v) is 15.2. The second-order valence-corrected chi connectivity index (χ2v) is 6.70. The van der Waals surface area contributed by atoms with E-state index < -0.39 is 0 Å². The Hall–Kier alpha value is -3.17. The van der Waals surface area contributed by atoms with Crippen molar-refractivity contribution in [2.24, 2.45) is 0 Å². The molecule has 5 rings (SSSR count). The molecule has 0 amide bonds. The summed E-state index contributed by atoms with van der Waals surface area (Å²) in [5.41, 5.74) is 2.33. The normalized spacial score (nSPS) is 22.1. The van der Waals surface area contributed by atoms with Crippen molar-refractivity contribution in [1.29, 1.82) is 0 Å². The van der Waals surface area contributed by atoms with Gasteiger partial charge < -0.3 is 14.8 Å². The molecule has 5 heterocycles. The molecule has 0 spiro atoms. The molecule has 0 saturated carbocycles. The fourth-order valence-electron chi connectivity index (χ4n) is 3.80. The number of hydrogen-bond donors (Lipinski definition) is 1. The number of carbonyl (C=O) groups is 1. The van der Waals surface area contributed by atoms with Gasteiger partial charge in [0.25, 0.3) is 0 Å². The van der Waals surface area contributed by atoms with Crippen molar-refractivity contribution in [3.63, 3.8) is 0 Å². The highest BCUT2D eigenvalue weighted by atomic mass is 16.6. The van der Waals surface area contributed by atoms with E-state index in [1.54, 1.807) is 31.9 Å². The Kier molecular flexibility index (Phi) is 4.10. The molecule has 0 aliphatic carbocycles. The summed E-state index contributed by atoms with van der Waals surface area (Å²) in [6.45, 7) is 1.45. The first-order valence-electron chi connectivity index (χ1n) is 8.99. The number of piperazine rings is 1. The van der Waals surface area contributed by atoms with E-state index in [-0.39, 0.29) is 24.8 Å². The maximum Gasteiger partial charge on any atom is 0.326 e. The van der Waals surface area contributed by atoms with Crippen LogP contribution in [0.4, 0.5) is 0 Å². The van der Waals surface area contributed by atoms with Gasteiger partial charge in [-0.2, -0.15) is 0 Å². The lowest BCUT2D eigenvalue weighted by atomic mass is 10.0. The topological polar surface area (TPSA) is 102 Å². The van der Waals surface area contributed by atoms with Crippen molar-refractivity contribution in [3.05, 3.63) is 42.6 Å². The molecule has 1 N–H and O–H groups in total. The summed E-state index contributed by atoms with van der Waals surface area (Å²) in [7, 11) is 1.60. The first kappa shape index (κ1) is 17.0. The average Bonchev–Trinajstić information content (AvgIpc) is 3.14. The molecule has 9 nitrogen and oxygen atoms in total. The van der Waals surface area contributed by atoms with Crippen LogP contribution in [0.25, 0.3) is 22.3 Å². The Morgan fingerprint density at radius 2 is 1.96 bits per heavy atom. The summed E-state index contributed by atoms with van der Waals surface area (Å²) >= 11 is 0. The molecule has 2 aliphatic heterocycles. The summed E-state index contributed by atoms with van der Waals surface area (Å²) in [6, 6.07) is 3.25. The number of nitrogens with zero attached hydrogens (tertiary/aromatic N) is 5. The number of esters is 1. The zero-order valence-electron chi connectivity index (χ0n) is 15.2. The second kappa shape index (κ2) is 6.77. The summed E-state index contributed by atoms with van der Waals surface area (Å²) in [5.74, 6) is 0.967. The van der Waals surface area contributed by atoms with E-state index in [4.69, 9.17) is 19.4 Å². The molecule has 9 heteroatoms. The van der Waals surface area contributed by atoms with Crippen molar-refractivity contribution >= 4 is 16.9 Å². The van der Waals surface area contributed by atoms with Gasteiger partial charge in [-0.15, -0.1) is 0 Å². The second-order valence-electron chi connectivity index (χ2n) is 6.70. The number of pyridine rings is 2. The zero-order chi connectivity index (χ0) is 19.1. The predicted octanol–water partition coefficient (Wildman–Crippen LogP) is 0.925. The van der Waals surface area contributed by atoms with E-state index in [1.807, 2.05) is 17.0 Å². The summed E-state index contributed by atoms with van der Waals surface area (Å²) in [4.78, 5) is 32.0. The van der Waals surface area contributed by atoms with Gasteiger partial charge in [0.05, 0.1) is 42.1 Å². The lowest BCUT2D eigenvalue weighted by Gasteiger charge is -2.35. The van der Waals surface area contributed by atoms with Crippen LogP contribution < -0.4 is 10.1 Å². The predicted molar refractivity (Wildman–Crippen MR) is 99.3 cm³/mol. The van der Waals surface area contributed by atoms with Gasteiger partial charge in [-0.05, 0) is 12.1 Å². The first-order valence-corrected chi connectivity index (χ1v) is 8.99. The quantitative estimate of drug-likeness (QED) is 0.667. The van der Waals surface area contributed by atoms with Crippen LogP contribution >= 0.6 is 0 Å². The molecule has 2 unspecified atom stereocenters. The largest absolute Gasteiger partial charge is 0.494 e. The lowest BCUT2D eigenvalue weighted by Crippen LogP contribution is -2.52. The Labute approximate surface area is 160 Å². The van der Waals surface area contributed by atoms with Crippen molar-refractivity contribution in [3.8, 4) is 17.1 Å². The highest BCUT2D eigenvalue weighted by Crippen LogP contribution is 2.36. The van der Waals surface area contributed by atoms with Crippen molar-refractivity contribution < 1.29 is 14.3 Å². The van der Waals surface area contributed by atoms with Gasteiger partial charge in [-0.3, -0.25) is 14.8 Å². The van der Waals surface area contributed by atoms with Gasteiger partial charge in [-0.1, -0.05) is 0 Å². The smallest absolute Gasteiger partial charge is 0.326 e. The molecular weight excluding hydrogens is 360 g/mol. The number of methoxy groups -OCH3 is 1. The number of ether oxygens (including phenoxy) is 2. The van der Waals surface area contributed by atoms with Crippen LogP contribution in [0.15, 0.2) is 36.9 Å². The van der Waals surface area contributed by atoms with E-state index in [2.05, 4.69) is 15.3 Å². The lowest BCUT2D eigenvalue weighted by molar-refractivity contribution is -0.139. The molecule has 0 radical (unpaired) electrons. The molecule has 142 valence electrons. The standard InChI is InChI=1S/C19H18N6O3/c1-27-15-9-21-6-12-16(15)17(24-18(23-12)11-2-4-20-5-3-11)13-7-22-8-14-19(26)28-10-25(13)14/h2-6,9,13-14,22H,7-8,10H2,1H3. The molecule has 0 aromatic carbocycles. The van der Waals surface area contributed by atoms with Gasteiger partial charge in [0, 0.05) is 31.0 Å². The average molecular weight is 378 g/mol. The van der Waals surface area contributed by atoms with Crippen molar-refractivity contribution in [1.82, 2.24) is 30.2 Å². The Balaban J connectivity index is 1.72. The Morgan fingerprint density at radius 3 is 2.79 bits per heavy atom. The molecular formula is C19H18N6O3. The van der Waals surface area contributed by atoms with Crippen LogP contribution in [0.1, 0.15) is 11.7 Å². The van der Waals surface area contributed by atoms with Gasteiger partial charge in [-0.25, -0.2) is 14.9 Å². The van der Waals surface area contributed by atoms with Gasteiger partial charge in [0.2, 0.25) is 0 Å². The van der Waals surface area contributed by atoms with Crippen molar-refractivity contribution in [2.45, 2.75) is 12.1 Å². The van der Waals surface area contributed by atoms with Crippen molar-refractivity contribution in [2.75, 3.05) is 26.9 Å². The fraction of sp³-hybridized carbons (Fsp3) is 0.316. The number of hydrogen-bond acceptors (Lipinski definition) is 9. The number of nitrogens with one attached hydrogen (secondary N) is 1. The molecule has 0 bridgehead atoms. The highest BCUT2D eigenvalue weighted by Gasteiger charge is 2.43. The van der Waals surface area contributed by atoms with Crippen LogP contribution in [0.3, 0.4) is 0 Å². The first-order chi connectivity index (χ1) is 13.8.